The number of halogens is 3. The molecular weight excluding hydrogens is 369 g/mol. The predicted octanol–water partition coefficient (Wildman–Crippen LogP) is 3.72. The summed E-state index contributed by atoms with van der Waals surface area (Å²) in [7, 11) is 0. The summed E-state index contributed by atoms with van der Waals surface area (Å²) in [6.07, 6.45) is -0.460. The highest BCUT2D eigenvalue weighted by molar-refractivity contribution is 5.43. The zero-order valence-corrected chi connectivity index (χ0v) is 15.9. The van der Waals surface area contributed by atoms with Crippen molar-refractivity contribution in [1.82, 2.24) is 29.5 Å². The summed E-state index contributed by atoms with van der Waals surface area (Å²) in [5, 5.41) is 4.31. The molecule has 3 aromatic heterocycles. The first-order chi connectivity index (χ1) is 13.3. The number of likely N-dealkylation sites (tertiary alicyclic amines) is 1. The molecule has 0 aliphatic carbocycles. The van der Waals surface area contributed by atoms with Gasteiger partial charge in [0.05, 0.1) is 17.7 Å². The van der Waals surface area contributed by atoms with Crippen molar-refractivity contribution in [1.29, 1.82) is 0 Å². The monoisotopic (exact) mass is 392 g/mol. The molecule has 0 bridgehead atoms. The Morgan fingerprint density at radius 2 is 2.11 bits per heavy atom. The van der Waals surface area contributed by atoms with E-state index in [1.807, 2.05) is 6.92 Å². The molecule has 9 heteroatoms. The molecule has 150 valence electrons. The third-order valence-corrected chi connectivity index (χ3v) is 5.38. The Morgan fingerprint density at radius 1 is 1.29 bits per heavy atom. The van der Waals surface area contributed by atoms with Crippen LogP contribution in [0.3, 0.4) is 0 Å². The standard InChI is InChI=1S/C19H23F3N6/c1-3-14-7-17(19(20,21)22)28-18(25-14)8-15(26-28)13-5-4-6-27(9-13)10-16-12(2)23-11-24-16/h7-8,11,13H,3-6,9-10H2,1-2H3,(H,23,24). The maximum atomic E-state index is 13.5. The number of fused-ring (bicyclic) bond motifs is 1. The van der Waals surface area contributed by atoms with E-state index < -0.39 is 11.9 Å². The van der Waals surface area contributed by atoms with Gasteiger partial charge < -0.3 is 4.98 Å². The smallest absolute Gasteiger partial charge is 0.348 e. The van der Waals surface area contributed by atoms with Gasteiger partial charge in [-0.2, -0.15) is 18.3 Å². The molecular formula is C19H23F3N6. The molecule has 4 rings (SSSR count). The molecule has 3 aromatic rings. The summed E-state index contributed by atoms with van der Waals surface area (Å²) in [6, 6.07) is 2.81. The topological polar surface area (TPSA) is 62.1 Å². The van der Waals surface area contributed by atoms with Crippen molar-refractivity contribution in [3.63, 3.8) is 0 Å². The van der Waals surface area contributed by atoms with Crippen LogP contribution in [-0.2, 0) is 19.1 Å². The molecule has 1 fully saturated rings. The molecule has 28 heavy (non-hydrogen) atoms. The minimum Gasteiger partial charge on any atom is -0.348 e. The minimum absolute atomic E-state index is 0.0841. The average Bonchev–Trinajstić information content (AvgIpc) is 3.26. The zero-order valence-electron chi connectivity index (χ0n) is 15.9. The third-order valence-electron chi connectivity index (χ3n) is 5.38. The zero-order chi connectivity index (χ0) is 19.9. The first-order valence-electron chi connectivity index (χ1n) is 9.53. The summed E-state index contributed by atoms with van der Waals surface area (Å²) in [5.74, 6) is 0.0841. The Balaban J connectivity index is 1.62. The highest BCUT2D eigenvalue weighted by atomic mass is 19.4. The Bertz CT molecular complexity index is 974. The van der Waals surface area contributed by atoms with Crippen molar-refractivity contribution < 1.29 is 13.2 Å². The number of hydrogen-bond donors (Lipinski definition) is 1. The Hall–Kier alpha value is -2.42. The van der Waals surface area contributed by atoms with Gasteiger partial charge in [0.15, 0.2) is 5.65 Å². The fourth-order valence-corrected chi connectivity index (χ4v) is 3.83. The summed E-state index contributed by atoms with van der Waals surface area (Å²) in [4.78, 5) is 14.1. The molecule has 1 aliphatic heterocycles. The van der Waals surface area contributed by atoms with Gasteiger partial charge in [0.1, 0.15) is 5.69 Å². The number of hydrogen-bond acceptors (Lipinski definition) is 4. The molecule has 6 nitrogen and oxygen atoms in total. The second-order valence-electron chi connectivity index (χ2n) is 7.37. The fraction of sp³-hybridized carbons (Fsp3) is 0.526. The van der Waals surface area contributed by atoms with Gasteiger partial charge in [-0.1, -0.05) is 6.92 Å². The van der Waals surface area contributed by atoms with E-state index in [4.69, 9.17) is 0 Å². The van der Waals surface area contributed by atoms with Crippen molar-refractivity contribution in [2.75, 3.05) is 13.1 Å². The second kappa shape index (κ2) is 7.20. The van der Waals surface area contributed by atoms with Crippen molar-refractivity contribution in [2.24, 2.45) is 0 Å². The molecule has 1 saturated heterocycles. The SMILES string of the molecule is CCc1cc(C(F)(F)F)n2nc(C3CCCN(Cc4nc[nH]c4C)C3)cc2n1. The number of rotatable bonds is 4. The Labute approximate surface area is 160 Å². The van der Waals surface area contributed by atoms with Crippen LogP contribution in [0.4, 0.5) is 13.2 Å². The number of nitrogens with zero attached hydrogens (tertiary/aromatic N) is 5. The molecule has 4 heterocycles. The number of aromatic amines is 1. The molecule has 1 unspecified atom stereocenters. The normalized spacial score (nSPS) is 18.8. The number of H-pyrrole nitrogens is 1. The highest BCUT2D eigenvalue weighted by Crippen LogP contribution is 2.32. The number of imidazole rings is 1. The molecule has 0 amide bonds. The highest BCUT2D eigenvalue weighted by Gasteiger charge is 2.35. The van der Waals surface area contributed by atoms with Crippen molar-refractivity contribution in [3.8, 4) is 0 Å². The van der Waals surface area contributed by atoms with E-state index in [1.165, 1.54) is 0 Å². The first kappa shape index (κ1) is 18.9. The van der Waals surface area contributed by atoms with E-state index in [9.17, 15) is 13.2 Å². The molecule has 1 atom stereocenters. The van der Waals surface area contributed by atoms with Gasteiger partial charge in [0.25, 0.3) is 0 Å². The van der Waals surface area contributed by atoms with Crippen molar-refractivity contribution in [2.45, 2.75) is 51.7 Å². The lowest BCUT2D eigenvalue weighted by molar-refractivity contribution is -0.142. The lowest BCUT2D eigenvalue weighted by atomic mass is 9.95. The molecule has 1 N–H and O–H groups in total. The van der Waals surface area contributed by atoms with E-state index in [-0.39, 0.29) is 11.6 Å². The van der Waals surface area contributed by atoms with Crippen LogP contribution in [-0.4, -0.2) is 42.6 Å². The van der Waals surface area contributed by atoms with Crippen molar-refractivity contribution >= 4 is 5.65 Å². The Kier molecular flexibility index (Phi) is 4.86. The van der Waals surface area contributed by atoms with Crippen LogP contribution in [0.2, 0.25) is 0 Å². The van der Waals surface area contributed by atoms with Crippen LogP contribution in [0, 0.1) is 6.92 Å². The van der Waals surface area contributed by atoms with Gasteiger partial charge in [-0.25, -0.2) is 14.5 Å². The summed E-state index contributed by atoms with van der Waals surface area (Å²) < 4.78 is 41.4. The van der Waals surface area contributed by atoms with Gasteiger partial charge in [-0.15, -0.1) is 0 Å². The maximum Gasteiger partial charge on any atom is 0.433 e. The average molecular weight is 392 g/mol. The summed E-state index contributed by atoms with van der Waals surface area (Å²) in [6.45, 7) is 6.21. The number of alkyl halides is 3. The number of nitrogens with one attached hydrogen (secondary N) is 1. The maximum absolute atomic E-state index is 13.5. The second-order valence-corrected chi connectivity index (χ2v) is 7.37. The molecule has 0 spiro atoms. The van der Waals surface area contributed by atoms with E-state index in [0.717, 1.165) is 54.4 Å². The van der Waals surface area contributed by atoms with Gasteiger partial charge in [-0.05, 0) is 38.8 Å². The van der Waals surface area contributed by atoms with Gasteiger partial charge in [-0.3, -0.25) is 4.90 Å². The third kappa shape index (κ3) is 3.63. The van der Waals surface area contributed by atoms with Crippen molar-refractivity contribution in [3.05, 3.63) is 46.9 Å². The van der Waals surface area contributed by atoms with Gasteiger partial charge >= 0.3 is 6.18 Å². The van der Waals surface area contributed by atoms with E-state index in [1.54, 1.807) is 19.3 Å². The quantitative estimate of drug-likeness (QED) is 0.735. The van der Waals surface area contributed by atoms with E-state index in [0.29, 0.717) is 17.8 Å². The van der Waals surface area contributed by atoms with Crippen LogP contribution in [0.15, 0.2) is 18.5 Å². The molecule has 0 radical (unpaired) electrons. The number of aryl methyl sites for hydroxylation is 2. The van der Waals surface area contributed by atoms with E-state index in [2.05, 4.69) is 25.0 Å². The Morgan fingerprint density at radius 3 is 2.79 bits per heavy atom. The first-order valence-corrected chi connectivity index (χ1v) is 9.53. The lowest BCUT2D eigenvalue weighted by Crippen LogP contribution is -2.34. The minimum atomic E-state index is -4.47. The van der Waals surface area contributed by atoms with Crippen LogP contribution in [0.1, 0.15) is 54.2 Å². The van der Waals surface area contributed by atoms with Crippen LogP contribution in [0.25, 0.3) is 5.65 Å². The molecule has 0 aromatic carbocycles. The fourth-order valence-electron chi connectivity index (χ4n) is 3.83. The van der Waals surface area contributed by atoms with Crippen LogP contribution < -0.4 is 0 Å². The van der Waals surface area contributed by atoms with Crippen LogP contribution in [0.5, 0.6) is 0 Å². The predicted molar refractivity (Wildman–Crippen MR) is 97.9 cm³/mol. The van der Waals surface area contributed by atoms with Gasteiger partial charge in [0, 0.05) is 36.5 Å². The largest absolute Gasteiger partial charge is 0.433 e. The number of piperidine rings is 1. The molecule has 1 aliphatic rings. The van der Waals surface area contributed by atoms with Gasteiger partial charge in [0.2, 0.25) is 0 Å². The summed E-state index contributed by atoms with van der Waals surface area (Å²) >= 11 is 0. The van der Waals surface area contributed by atoms with E-state index >= 15 is 0 Å². The lowest BCUT2D eigenvalue weighted by Gasteiger charge is -2.31. The van der Waals surface area contributed by atoms with Crippen LogP contribution >= 0.6 is 0 Å². The number of aromatic nitrogens is 5. The summed E-state index contributed by atoms with van der Waals surface area (Å²) in [5.41, 5.74) is 2.65. The molecule has 0 saturated carbocycles.